The molecule has 1 amide bonds. The van der Waals surface area contributed by atoms with Gasteiger partial charge >= 0.3 is 0 Å². The maximum absolute atomic E-state index is 12.7. The predicted octanol–water partition coefficient (Wildman–Crippen LogP) is 5.13. The first-order chi connectivity index (χ1) is 14.2. The van der Waals surface area contributed by atoms with Gasteiger partial charge in [0.1, 0.15) is 0 Å². The first kappa shape index (κ1) is 19.4. The molecule has 3 aromatic carbocycles. The number of nitrogens with zero attached hydrogens (tertiary/aromatic N) is 1. The molecule has 0 bridgehead atoms. The molecule has 0 fully saturated rings. The third-order valence-electron chi connectivity index (χ3n) is 5.75. The Morgan fingerprint density at radius 3 is 2.34 bits per heavy atom. The number of rotatable bonds is 6. The van der Waals surface area contributed by atoms with E-state index in [-0.39, 0.29) is 11.9 Å². The minimum absolute atomic E-state index is 0.0147. The summed E-state index contributed by atoms with van der Waals surface area (Å²) >= 11 is 0. The van der Waals surface area contributed by atoms with Gasteiger partial charge in [-0.1, -0.05) is 73.7 Å². The van der Waals surface area contributed by atoms with Gasteiger partial charge in [0.25, 0.3) is 5.91 Å². The van der Waals surface area contributed by atoms with Gasteiger partial charge in [0, 0.05) is 25.2 Å². The Labute approximate surface area is 173 Å². The molecule has 0 saturated carbocycles. The second kappa shape index (κ2) is 9.06. The molecule has 3 aromatic rings. The van der Waals surface area contributed by atoms with Gasteiger partial charge in [-0.25, -0.2) is 0 Å². The topological polar surface area (TPSA) is 32.3 Å². The number of nitrogens with one attached hydrogen (secondary N) is 1. The molecule has 3 heteroatoms. The lowest BCUT2D eigenvalue weighted by Gasteiger charge is -2.28. The monoisotopic (exact) mass is 384 g/mol. The number of carbonyl (C=O) groups excluding carboxylic acids is 1. The van der Waals surface area contributed by atoms with Crippen molar-refractivity contribution in [2.45, 2.75) is 38.9 Å². The van der Waals surface area contributed by atoms with Crippen molar-refractivity contribution in [3.63, 3.8) is 0 Å². The number of amides is 1. The molecule has 148 valence electrons. The molecule has 0 spiro atoms. The largest absolute Gasteiger partial charge is 0.345 e. The molecule has 4 rings (SSSR count). The van der Waals surface area contributed by atoms with E-state index in [0.717, 1.165) is 38.0 Å². The van der Waals surface area contributed by atoms with Crippen molar-refractivity contribution in [1.82, 2.24) is 10.2 Å². The van der Waals surface area contributed by atoms with Crippen LogP contribution < -0.4 is 5.32 Å². The van der Waals surface area contributed by atoms with Crippen LogP contribution in [-0.4, -0.2) is 17.4 Å². The van der Waals surface area contributed by atoms with E-state index in [0.29, 0.717) is 5.56 Å². The fraction of sp³-hybridized carbons (Fsp3) is 0.269. The molecule has 0 radical (unpaired) electrons. The van der Waals surface area contributed by atoms with Crippen LogP contribution in [0, 0.1) is 0 Å². The SMILES string of the molecule is CC[C@H](NC(=O)c1ccc(CN2CCc3ccccc3C2)cc1)c1ccccc1. The highest BCUT2D eigenvalue weighted by Crippen LogP contribution is 2.21. The Hall–Kier alpha value is -2.91. The molecule has 3 nitrogen and oxygen atoms in total. The third-order valence-corrected chi connectivity index (χ3v) is 5.75. The quantitative estimate of drug-likeness (QED) is 0.639. The van der Waals surface area contributed by atoms with E-state index in [2.05, 4.69) is 65.7 Å². The summed E-state index contributed by atoms with van der Waals surface area (Å²) in [6.45, 7) is 5.08. The van der Waals surface area contributed by atoms with Crippen molar-refractivity contribution in [2.75, 3.05) is 6.54 Å². The van der Waals surface area contributed by atoms with E-state index in [1.165, 1.54) is 16.7 Å². The molecule has 29 heavy (non-hydrogen) atoms. The van der Waals surface area contributed by atoms with Crippen molar-refractivity contribution in [2.24, 2.45) is 0 Å². The highest BCUT2D eigenvalue weighted by atomic mass is 16.1. The van der Waals surface area contributed by atoms with Crippen molar-refractivity contribution in [3.05, 3.63) is 107 Å². The normalized spacial score (nSPS) is 14.8. The maximum Gasteiger partial charge on any atom is 0.251 e. The van der Waals surface area contributed by atoms with E-state index < -0.39 is 0 Å². The van der Waals surface area contributed by atoms with Crippen LogP contribution in [0.3, 0.4) is 0 Å². The smallest absolute Gasteiger partial charge is 0.251 e. The second-order valence-electron chi connectivity index (χ2n) is 7.77. The van der Waals surface area contributed by atoms with Crippen LogP contribution in [-0.2, 0) is 19.5 Å². The second-order valence-corrected chi connectivity index (χ2v) is 7.77. The Bertz CT molecular complexity index is 950. The van der Waals surface area contributed by atoms with Crippen LogP contribution in [0.2, 0.25) is 0 Å². The molecule has 1 heterocycles. The highest BCUT2D eigenvalue weighted by Gasteiger charge is 2.17. The number of carbonyl (C=O) groups is 1. The van der Waals surface area contributed by atoms with Crippen molar-refractivity contribution in [1.29, 1.82) is 0 Å². The molecule has 1 N–H and O–H groups in total. The summed E-state index contributed by atoms with van der Waals surface area (Å²) in [5.74, 6) is -0.0147. The van der Waals surface area contributed by atoms with Gasteiger partial charge in [-0.2, -0.15) is 0 Å². The fourth-order valence-corrected chi connectivity index (χ4v) is 4.06. The van der Waals surface area contributed by atoms with Crippen molar-refractivity contribution in [3.8, 4) is 0 Å². The number of benzene rings is 3. The van der Waals surface area contributed by atoms with E-state index in [4.69, 9.17) is 0 Å². The summed E-state index contributed by atoms with van der Waals surface area (Å²) in [6.07, 6.45) is 1.97. The Balaban J connectivity index is 1.37. The summed E-state index contributed by atoms with van der Waals surface area (Å²) in [5.41, 5.74) is 6.01. The highest BCUT2D eigenvalue weighted by molar-refractivity contribution is 5.94. The molecule has 0 saturated heterocycles. The molecule has 1 aliphatic rings. The summed E-state index contributed by atoms with van der Waals surface area (Å²) in [4.78, 5) is 15.2. The third kappa shape index (κ3) is 4.75. The van der Waals surface area contributed by atoms with Crippen LogP contribution >= 0.6 is 0 Å². The van der Waals surface area contributed by atoms with Gasteiger partial charge in [0.05, 0.1) is 6.04 Å². The lowest BCUT2D eigenvalue weighted by Crippen LogP contribution is -2.30. The first-order valence-electron chi connectivity index (χ1n) is 10.5. The average molecular weight is 385 g/mol. The zero-order valence-corrected chi connectivity index (χ0v) is 17.0. The minimum atomic E-state index is -0.0147. The standard InChI is InChI=1S/C26H28N2O/c1-2-25(22-9-4-3-5-10-22)27-26(29)23-14-12-20(13-15-23)18-28-17-16-21-8-6-7-11-24(21)19-28/h3-15,25H,2,16-19H2,1H3,(H,27,29)/t25-/m0/s1. The summed E-state index contributed by atoms with van der Waals surface area (Å²) in [7, 11) is 0. The van der Waals surface area contributed by atoms with Gasteiger partial charge in [-0.3, -0.25) is 9.69 Å². The van der Waals surface area contributed by atoms with Gasteiger partial charge in [0.15, 0.2) is 0 Å². The van der Waals surface area contributed by atoms with Crippen LogP contribution in [0.15, 0.2) is 78.9 Å². The van der Waals surface area contributed by atoms with Gasteiger partial charge in [-0.15, -0.1) is 0 Å². The van der Waals surface area contributed by atoms with E-state index in [9.17, 15) is 4.79 Å². The zero-order chi connectivity index (χ0) is 20.1. The number of hydrogen-bond acceptors (Lipinski definition) is 2. The van der Waals surface area contributed by atoms with Gasteiger partial charge < -0.3 is 5.32 Å². The van der Waals surface area contributed by atoms with E-state index in [1.807, 2.05) is 30.3 Å². The van der Waals surface area contributed by atoms with E-state index in [1.54, 1.807) is 0 Å². The minimum Gasteiger partial charge on any atom is -0.345 e. The van der Waals surface area contributed by atoms with Crippen LogP contribution in [0.5, 0.6) is 0 Å². The van der Waals surface area contributed by atoms with Crippen LogP contribution in [0.25, 0.3) is 0 Å². The summed E-state index contributed by atoms with van der Waals surface area (Å²) < 4.78 is 0. The lowest BCUT2D eigenvalue weighted by atomic mass is 9.99. The Morgan fingerprint density at radius 2 is 1.62 bits per heavy atom. The predicted molar refractivity (Wildman–Crippen MR) is 118 cm³/mol. The molecular weight excluding hydrogens is 356 g/mol. The van der Waals surface area contributed by atoms with Gasteiger partial charge in [0.2, 0.25) is 0 Å². The first-order valence-corrected chi connectivity index (χ1v) is 10.5. The molecule has 0 aliphatic carbocycles. The van der Waals surface area contributed by atoms with Crippen molar-refractivity contribution < 1.29 is 4.79 Å². The van der Waals surface area contributed by atoms with Crippen LogP contribution in [0.1, 0.15) is 52.0 Å². The van der Waals surface area contributed by atoms with Gasteiger partial charge in [-0.05, 0) is 47.2 Å². The molecule has 0 unspecified atom stereocenters. The molecular formula is C26H28N2O. The average Bonchev–Trinajstić information content (AvgIpc) is 2.78. The zero-order valence-electron chi connectivity index (χ0n) is 17.0. The summed E-state index contributed by atoms with van der Waals surface area (Å²) in [5, 5.41) is 3.16. The summed E-state index contributed by atoms with van der Waals surface area (Å²) in [6, 6.07) is 26.9. The molecule has 1 atom stereocenters. The maximum atomic E-state index is 12.7. The lowest BCUT2D eigenvalue weighted by molar-refractivity contribution is 0.0935. The Morgan fingerprint density at radius 1 is 0.931 bits per heavy atom. The van der Waals surface area contributed by atoms with Crippen LogP contribution in [0.4, 0.5) is 0 Å². The Kier molecular flexibility index (Phi) is 6.06. The number of hydrogen-bond donors (Lipinski definition) is 1. The fourth-order valence-electron chi connectivity index (χ4n) is 4.06. The molecule has 1 aliphatic heterocycles. The van der Waals surface area contributed by atoms with E-state index >= 15 is 0 Å². The molecule has 0 aromatic heterocycles. The number of fused-ring (bicyclic) bond motifs is 1. The van der Waals surface area contributed by atoms with Crippen molar-refractivity contribution >= 4 is 5.91 Å².